The molecular formula is C22H23FN2O3. The molecule has 1 saturated heterocycles. The van der Waals surface area contributed by atoms with Gasteiger partial charge in [-0.1, -0.05) is 24.6 Å². The molecule has 0 aliphatic carbocycles. The van der Waals surface area contributed by atoms with Crippen LogP contribution < -0.4 is 4.90 Å². The number of hydrogen-bond acceptors (Lipinski definition) is 3. The Morgan fingerprint density at radius 2 is 1.86 bits per heavy atom. The van der Waals surface area contributed by atoms with Crippen LogP contribution in [0.25, 0.3) is 0 Å². The molecule has 0 radical (unpaired) electrons. The molecule has 1 unspecified atom stereocenters. The van der Waals surface area contributed by atoms with E-state index in [1.54, 1.807) is 29.2 Å². The molecule has 28 heavy (non-hydrogen) atoms. The van der Waals surface area contributed by atoms with E-state index < -0.39 is 5.97 Å². The second-order valence-electron chi connectivity index (χ2n) is 7.46. The van der Waals surface area contributed by atoms with Crippen LogP contribution in [0.15, 0.2) is 42.5 Å². The third kappa shape index (κ3) is 3.52. The number of carbonyl (C=O) groups excluding carboxylic acids is 1. The zero-order valence-electron chi connectivity index (χ0n) is 15.6. The minimum Gasteiger partial charge on any atom is -0.478 e. The van der Waals surface area contributed by atoms with E-state index in [1.807, 2.05) is 6.07 Å². The molecule has 4 rings (SSSR count). The van der Waals surface area contributed by atoms with Gasteiger partial charge in [0, 0.05) is 18.8 Å². The van der Waals surface area contributed by atoms with Gasteiger partial charge in [-0.25, -0.2) is 9.18 Å². The van der Waals surface area contributed by atoms with E-state index in [9.17, 15) is 19.1 Å². The number of amides is 1. The zero-order valence-corrected chi connectivity index (χ0v) is 15.6. The molecule has 5 nitrogen and oxygen atoms in total. The Morgan fingerprint density at radius 1 is 1.07 bits per heavy atom. The molecule has 1 N–H and O–H groups in total. The first kappa shape index (κ1) is 18.6. The summed E-state index contributed by atoms with van der Waals surface area (Å²) in [5.41, 5.74) is 2.72. The van der Waals surface area contributed by atoms with Gasteiger partial charge in [0.2, 0.25) is 5.91 Å². The van der Waals surface area contributed by atoms with Gasteiger partial charge in [-0.15, -0.1) is 0 Å². The van der Waals surface area contributed by atoms with Gasteiger partial charge in [-0.3, -0.25) is 9.69 Å². The molecule has 146 valence electrons. The van der Waals surface area contributed by atoms with E-state index >= 15 is 0 Å². The fourth-order valence-electron chi connectivity index (χ4n) is 4.33. The highest BCUT2D eigenvalue weighted by molar-refractivity contribution is 6.01. The lowest BCUT2D eigenvalue weighted by atomic mass is 9.99. The van der Waals surface area contributed by atoms with Crippen molar-refractivity contribution in [2.75, 3.05) is 18.0 Å². The maximum atomic E-state index is 13.4. The van der Waals surface area contributed by atoms with E-state index in [4.69, 9.17) is 0 Å². The number of benzene rings is 2. The van der Waals surface area contributed by atoms with Gasteiger partial charge in [0.05, 0.1) is 11.6 Å². The van der Waals surface area contributed by atoms with Crippen molar-refractivity contribution in [1.29, 1.82) is 0 Å². The number of halogens is 1. The Kier molecular flexibility index (Phi) is 5.13. The van der Waals surface area contributed by atoms with Crippen molar-refractivity contribution in [3.63, 3.8) is 0 Å². The summed E-state index contributed by atoms with van der Waals surface area (Å²) in [5.74, 6) is -1.19. The normalized spacial score (nSPS) is 19.5. The van der Waals surface area contributed by atoms with E-state index in [0.29, 0.717) is 19.5 Å². The smallest absolute Gasteiger partial charge is 0.336 e. The van der Waals surface area contributed by atoms with Crippen molar-refractivity contribution in [1.82, 2.24) is 4.90 Å². The molecular weight excluding hydrogens is 359 g/mol. The maximum Gasteiger partial charge on any atom is 0.336 e. The average Bonchev–Trinajstić information content (AvgIpc) is 3.13. The van der Waals surface area contributed by atoms with Gasteiger partial charge in [-0.2, -0.15) is 0 Å². The minimum atomic E-state index is -0.957. The van der Waals surface area contributed by atoms with Gasteiger partial charge >= 0.3 is 5.97 Å². The number of carboxylic acid groups (broad SMARTS) is 1. The first-order valence-corrected chi connectivity index (χ1v) is 9.69. The van der Waals surface area contributed by atoms with Crippen molar-refractivity contribution < 1.29 is 19.1 Å². The van der Waals surface area contributed by atoms with Gasteiger partial charge in [0.15, 0.2) is 0 Å². The Morgan fingerprint density at radius 3 is 2.61 bits per heavy atom. The molecule has 1 atom stereocenters. The summed E-state index contributed by atoms with van der Waals surface area (Å²) in [6.45, 7) is 1.94. The summed E-state index contributed by atoms with van der Waals surface area (Å²) < 4.78 is 13.2. The van der Waals surface area contributed by atoms with Gasteiger partial charge < -0.3 is 10.0 Å². The van der Waals surface area contributed by atoms with Crippen LogP contribution in [0.4, 0.5) is 10.1 Å². The van der Waals surface area contributed by atoms with Crippen LogP contribution in [0, 0.1) is 5.82 Å². The second kappa shape index (κ2) is 7.72. The number of rotatable bonds is 4. The topological polar surface area (TPSA) is 60.9 Å². The van der Waals surface area contributed by atoms with E-state index in [0.717, 1.165) is 42.6 Å². The standard InChI is InChI=1S/C22H23FN2O3/c23-16-9-7-15(8-10-16)14-24-12-2-1-5-20(24)21(26)25-13-11-17-18(22(27)28)4-3-6-19(17)25/h3-4,6-10,20H,1-2,5,11-14H2,(H,27,28). The highest BCUT2D eigenvalue weighted by Gasteiger charge is 2.36. The van der Waals surface area contributed by atoms with Crippen LogP contribution in [0.5, 0.6) is 0 Å². The monoisotopic (exact) mass is 382 g/mol. The van der Waals surface area contributed by atoms with Gasteiger partial charge in [0.1, 0.15) is 5.82 Å². The van der Waals surface area contributed by atoms with Gasteiger partial charge in [-0.05, 0) is 61.2 Å². The number of piperidine rings is 1. The zero-order chi connectivity index (χ0) is 19.7. The summed E-state index contributed by atoms with van der Waals surface area (Å²) in [6, 6.07) is 11.3. The molecule has 0 spiro atoms. The number of hydrogen-bond donors (Lipinski definition) is 1. The van der Waals surface area contributed by atoms with Crippen LogP contribution in [0.3, 0.4) is 0 Å². The van der Waals surface area contributed by atoms with Crippen LogP contribution in [0.2, 0.25) is 0 Å². The number of carboxylic acids is 1. The quantitative estimate of drug-likeness (QED) is 0.880. The Labute approximate surface area is 163 Å². The maximum absolute atomic E-state index is 13.4. The SMILES string of the molecule is O=C(O)c1cccc2c1CCN2C(=O)C1CCCCN1Cc1ccc(F)cc1. The van der Waals surface area contributed by atoms with Crippen LogP contribution in [-0.2, 0) is 17.8 Å². The number of nitrogens with zero attached hydrogens (tertiary/aromatic N) is 2. The van der Waals surface area contributed by atoms with E-state index in [-0.39, 0.29) is 23.3 Å². The molecule has 0 bridgehead atoms. The highest BCUT2D eigenvalue weighted by Crippen LogP contribution is 2.33. The van der Waals surface area contributed by atoms with Crippen LogP contribution >= 0.6 is 0 Å². The Balaban J connectivity index is 1.56. The highest BCUT2D eigenvalue weighted by atomic mass is 19.1. The number of anilines is 1. The summed E-state index contributed by atoms with van der Waals surface area (Å²) in [6.07, 6.45) is 3.37. The number of carbonyl (C=O) groups is 2. The molecule has 2 aromatic rings. The summed E-state index contributed by atoms with van der Waals surface area (Å²) >= 11 is 0. The first-order chi connectivity index (χ1) is 13.5. The molecule has 0 saturated carbocycles. The third-order valence-electron chi connectivity index (χ3n) is 5.72. The van der Waals surface area contributed by atoms with Crippen molar-refractivity contribution in [2.24, 2.45) is 0 Å². The van der Waals surface area contributed by atoms with E-state index in [1.165, 1.54) is 12.1 Å². The van der Waals surface area contributed by atoms with Gasteiger partial charge in [0.25, 0.3) is 0 Å². The van der Waals surface area contributed by atoms with E-state index in [2.05, 4.69) is 4.90 Å². The molecule has 1 fully saturated rings. The number of fused-ring (bicyclic) bond motifs is 1. The molecule has 2 aliphatic rings. The summed E-state index contributed by atoms with van der Waals surface area (Å²) in [4.78, 5) is 28.8. The molecule has 1 amide bonds. The fourth-order valence-corrected chi connectivity index (χ4v) is 4.33. The summed E-state index contributed by atoms with van der Waals surface area (Å²) in [5, 5.41) is 9.41. The third-order valence-corrected chi connectivity index (χ3v) is 5.72. The van der Waals surface area contributed by atoms with Crippen LogP contribution in [0.1, 0.15) is 40.7 Å². The Bertz CT molecular complexity index is 897. The number of likely N-dealkylation sites (tertiary alicyclic amines) is 1. The largest absolute Gasteiger partial charge is 0.478 e. The molecule has 2 heterocycles. The molecule has 6 heteroatoms. The van der Waals surface area contributed by atoms with Crippen LogP contribution in [-0.4, -0.2) is 41.0 Å². The lowest BCUT2D eigenvalue weighted by Crippen LogP contribution is -2.50. The molecule has 0 aromatic heterocycles. The predicted octanol–water partition coefficient (Wildman–Crippen LogP) is 3.47. The fraction of sp³-hybridized carbons (Fsp3) is 0.364. The second-order valence-corrected chi connectivity index (χ2v) is 7.46. The van der Waals surface area contributed by atoms with Crippen molar-refractivity contribution >= 4 is 17.6 Å². The average molecular weight is 382 g/mol. The lowest BCUT2D eigenvalue weighted by molar-refractivity contribution is -0.125. The summed E-state index contributed by atoms with van der Waals surface area (Å²) in [7, 11) is 0. The first-order valence-electron chi connectivity index (χ1n) is 9.69. The van der Waals surface area contributed by atoms with Crippen molar-refractivity contribution in [3.05, 3.63) is 65.0 Å². The van der Waals surface area contributed by atoms with Crippen molar-refractivity contribution in [3.8, 4) is 0 Å². The molecule has 2 aromatic carbocycles. The minimum absolute atomic E-state index is 0.0306. The predicted molar refractivity (Wildman–Crippen MR) is 104 cm³/mol. The lowest BCUT2D eigenvalue weighted by Gasteiger charge is -2.37. The number of aromatic carboxylic acids is 1. The Hall–Kier alpha value is -2.73. The molecule has 2 aliphatic heterocycles. The van der Waals surface area contributed by atoms with Crippen molar-refractivity contribution in [2.45, 2.75) is 38.3 Å².